The summed E-state index contributed by atoms with van der Waals surface area (Å²) < 4.78 is 1.81. The molecule has 0 bridgehead atoms. The summed E-state index contributed by atoms with van der Waals surface area (Å²) >= 11 is 0. The zero-order chi connectivity index (χ0) is 17.0. The van der Waals surface area contributed by atoms with E-state index in [2.05, 4.69) is 10.4 Å². The molecule has 1 heterocycles. The fourth-order valence-corrected chi connectivity index (χ4v) is 3.34. The monoisotopic (exact) mass is 327 g/mol. The third-order valence-corrected chi connectivity index (χ3v) is 4.55. The van der Waals surface area contributed by atoms with Crippen molar-refractivity contribution in [3.05, 3.63) is 53.9 Å². The van der Waals surface area contributed by atoms with E-state index < -0.39 is 11.5 Å². The lowest BCUT2D eigenvalue weighted by molar-refractivity contribution is -0.138. The van der Waals surface area contributed by atoms with Crippen LogP contribution < -0.4 is 5.32 Å². The first-order valence-corrected chi connectivity index (χ1v) is 8.17. The molecule has 0 radical (unpaired) electrons. The minimum absolute atomic E-state index is 0.0177. The van der Waals surface area contributed by atoms with Crippen LogP contribution in [0.1, 0.15) is 48.0 Å². The zero-order valence-electron chi connectivity index (χ0n) is 13.4. The van der Waals surface area contributed by atoms with Crippen molar-refractivity contribution in [2.24, 2.45) is 0 Å². The van der Waals surface area contributed by atoms with Gasteiger partial charge in [-0.05, 0) is 36.6 Å². The lowest BCUT2D eigenvalue weighted by atomic mass is 9.92. The topological polar surface area (TPSA) is 84.2 Å². The molecule has 6 heteroatoms. The SMILES string of the molecule is O=C(O)CC1(NC(=O)c2ccc(Cn3cccn3)cc2)CCCC1. The fraction of sp³-hybridized carbons (Fsp3) is 0.389. The highest BCUT2D eigenvalue weighted by Gasteiger charge is 2.37. The molecule has 126 valence electrons. The van der Waals surface area contributed by atoms with Crippen molar-refractivity contribution in [2.75, 3.05) is 0 Å². The maximum atomic E-state index is 12.5. The Hall–Kier alpha value is -2.63. The Kier molecular flexibility index (Phi) is 4.64. The molecule has 24 heavy (non-hydrogen) atoms. The quantitative estimate of drug-likeness (QED) is 0.853. The molecule has 1 saturated carbocycles. The second kappa shape index (κ2) is 6.86. The van der Waals surface area contributed by atoms with Gasteiger partial charge in [0.05, 0.1) is 18.5 Å². The molecule has 2 aromatic rings. The molecule has 2 N–H and O–H groups in total. The van der Waals surface area contributed by atoms with E-state index in [-0.39, 0.29) is 12.3 Å². The Morgan fingerprint density at radius 2 is 1.92 bits per heavy atom. The average Bonchev–Trinajstić information content (AvgIpc) is 3.20. The first kappa shape index (κ1) is 16.2. The van der Waals surface area contributed by atoms with Gasteiger partial charge in [-0.2, -0.15) is 5.10 Å². The Labute approximate surface area is 140 Å². The summed E-state index contributed by atoms with van der Waals surface area (Å²) in [5, 5.41) is 16.2. The average molecular weight is 327 g/mol. The summed E-state index contributed by atoms with van der Waals surface area (Å²) in [6.45, 7) is 0.651. The highest BCUT2D eigenvalue weighted by molar-refractivity contribution is 5.95. The van der Waals surface area contributed by atoms with E-state index in [1.165, 1.54) is 0 Å². The maximum absolute atomic E-state index is 12.5. The number of carbonyl (C=O) groups is 2. The summed E-state index contributed by atoms with van der Waals surface area (Å²) in [7, 11) is 0. The molecule has 1 fully saturated rings. The summed E-state index contributed by atoms with van der Waals surface area (Å²) in [4.78, 5) is 23.6. The van der Waals surface area contributed by atoms with E-state index in [1.807, 2.05) is 29.1 Å². The van der Waals surface area contributed by atoms with Gasteiger partial charge in [0.2, 0.25) is 0 Å². The second-order valence-corrected chi connectivity index (χ2v) is 6.41. The van der Waals surface area contributed by atoms with E-state index in [0.717, 1.165) is 31.2 Å². The summed E-state index contributed by atoms with van der Waals surface area (Å²) in [6.07, 6.45) is 6.95. The third kappa shape index (κ3) is 3.82. The van der Waals surface area contributed by atoms with Gasteiger partial charge in [0, 0.05) is 18.0 Å². The first-order valence-electron chi connectivity index (χ1n) is 8.17. The Balaban J connectivity index is 1.67. The number of nitrogens with one attached hydrogen (secondary N) is 1. The van der Waals surface area contributed by atoms with Crippen LogP contribution in [0, 0.1) is 0 Å². The molecular weight excluding hydrogens is 306 g/mol. The van der Waals surface area contributed by atoms with E-state index in [4.69, 9.17) is 5.11 Å². The number of hydrogen-bond acceptors (Lipinski definition) is 3. The number of hydrogen-bond donors (Lipinski definition) is 2. The summed E-state index contributed by atoms with van der Waals surface area (Å²) in [6, 6.07) is 9.21. The fourth-order valence-electron chi connectivity index (χ4n) is 3.34. The number of aromatic nitrogens is 2. The van der Waals surface area contributed by atoms with Crippen molar-refractivity contribution in [1.82, 2.24) is 15.1 Å². The van der Waals surface area contributed by atoms with Gasteiger partial charge < -0.3 is 10.4 Å². The van der Waals surface area contributed by atoms with Crippen LogP contribution in [0.4, 0.5) is 0 Å². The van der Waals surface area contributed by atoms with Crippen molar-refractivity contribution in [2.45, 2.75) is 44.2 Å². The molecule has 1 aromatic heterocycles. The molecule has 1 aliphatic rings. The van der Waals surface area contributed by atoms with Crippen molar-refractivity contribution >= 4 is 11.9 Å². The minimum Gasteiger partial charge on any atom is -0.481 e. The molecule has 1 aliphatic carbocycles. The highest BCUT2D eigenvalue weighted by atomic mass is 16.4. The van der Waals surface area contributed by atoms with Crippen LogP contribution in [0.15, 0.2) is 42.7 Å². The van der Waals surface area contributed by atoms with Gasteiger partial charge in [0.15, 0.2) is 0 Å². The van der Waals surface area contributed by atoms with Gasteiger partial charge in [0.25, 0.3) is 5.91 Å². The van der Waals surface area contributed by atoms with Crippen molar-refractivity contribution in [3.63, 3.8) is 0 Å². The molecule has 0 atom stereocenters. The Bertz CT molecular complexity index is 702. The molecule has 1 aromatic carbocycles. The standard InChI is InChI=1S/C18H21N3O3/c22-16(23)12-18(8-1-2-9-18)20-17(24)15-6-4-14(5-7-15)13-21-11-3-10-19-21/h3-7,10-11H,1-2,8-9,12-13H2,(H,20,24)(H,22,23). The molecular formula is C18H21N3O3. The predicted octanol–water partition coefficient (Wildman–Crippen LogP) is 2.45. The zero-order valence-corrected chi connectivity index (χ0v) is 13.4. The van der Waals surface area contributed by atoms with Gasteiger partial charge in [-0.3, -0.25) is 14.3 Å². The molecule has 0 aliphatic heterocycles. The Morgan fingerprint density at radius 1 is 1.21 bits per heavy atom. The van der Waals surface area contributed by atoms with Crippen molar-refractivity contribution in [3.8, 4) is 0 Å². The van der Waals surface area contributed by atoms with E-state index in [1.54, 1.807) is 18.3 Å². The van der Waals surface area contributed by atoms with Crippen molar-refractivity contribution < 1.29 is 14.7 Å². The smallest absolute Gasteiger partial charge is 0.305 e. The normalized spacial score (nSPS) is 16.0. The minimum atomic E-state index is -0.869. The number of aliphatic carboxylic acids is 1. The third-order valence-electron chi connectivity index (χ3n) is 4.55. The number of carbonyl (C=O) groups excluding carboxylic acids is 1. The molecule has 3 rings (SSSR count). The number of nitrogens with zero attached hydrogens (tertiary/aromatic N) is 2. The number of rotatable bonds is 6. The lowest BCUT2D eigenvalue weighted by Gasteiger charge is -2.28. The number of carboxylic acids is 1. The second-order valence-electron chi connectivity index (χ2n) is 6.41. The molecule has 6 nitrogen and oxygen atoms in total. The highest BCUT2D eigenvalue weighted by Crippen LogP contribution is 2.33. The van der Waals surface area contributed by atoms with Crippen LogP contribution in [0.3, 0.4) is 0 Å². The Morgan fingerprint density at radius 3 is 2.50 bits per heavy atom. The van der Waals surface area contributed by atoms with E-state index in [0.29, 0.717) is 12.1 Å². The van der Waals surface area contributed by atoms with Gasteiger partial charge in [-0.25, -0.2) is 0 Å². The van der Waals surface area contributed by atoms with Gasteiger partial charge in [0.1, 0.15) is 0 Å². The number of amides is 1. The predicted molar refractivity (Wildman–Crippen MR) is 88.7 cm³/mol. The first-order chi connectivity index (χ1) is 11.6. The van der Waals surface area contributed by atoms with Gasteiger partial charge >= 0.3 is 5.97 Å². The van der Waals surface area contributed by atoms with E-state index >= 15 is 0 Å². The lowest BCUT2D eigenvalue weighted by Crippen LogP contribution is -2.47. The van der Waals surface area contributed by atoms with Crippen molar-refractivity contribution in [1.29, 1.82) is 0 Å². The van der Waals surface area contributed by atoms with E-state index in [9.17, 15) is 9.59 Å². The summed E-state index contributed by atoms with van der Waals surface area (Å²) in [5.41, 5.74) is 1.00. The molecule has 1 amide bonds. The van der Waals surface area contributed by atoms with Crippen LogP contribution in [0.25, 0.3) is 0 Å². The number of carboxylic acid groups (broad SMARTS) is 1. The molecule has 0 unspecified atom stereocenters. The van der Waals surface area contributed by atoms with Gasteiger partial charge in [-0.1, -0.05) is 25.0 Å². The summed E-state index contributed by atoms with van der Waals surface area (Å²) in [5.74, 6) is -1.07. The van der Waals surface area contributed by atoms with Crippen LogP contribution in [0.2, 0.25) is 0 Å². The number of benzene rings is 1. The van der Waals surface area contributed by atoms with Crippen LogP contribution in [-0.4, -0.2) is 32.3 Å². The largest absolute Gasteiger partial charge is 0.481 e. The van der Waals surface area contributed by atoms with Gasteiger partial charge in [-0.15, -0.1) is 0 Å². The molecule has 0 spiro atoms. The maximum Gasteiger partial charge on any atom is 0.305 e. The van der Waals surface area contributed by atoms with Crippen LogP contribution in [0.5, 0.6) is 0 Å². The molecule has 0 saturated heterocycles. The van der Waals surface area contributed by atoms with Crippen LogP contribution in [-0.2, 0) is 11.3 Å². The van der Waals surface area contributed by atoms with Crippen LogP contribution >= 0.6 is 0 Å².